The van der Waals surface area contributed by atoms with Crippen molar-refractivity contribution in [2.45, 2.75) is 6.42 Å². The molecule has 0 saturated carbocycles. The summed E-state index contributed by atoms with van der Waals surface area (Å²) in [5.41, 5.74) is 8.32. The monoisotopic (exact) mass is 272 g/mol. The summed E-state index contributed by atoms with van der Waals surface area (Å²) in [4.78, 5) is 13.5. The van der Waals surface area contributed by atoms with Gasteiger partial charge in [-0.2, -0.15) is 5.10 Å². The first-order chi connectivity index (χ1) is 9.56. The van der Waals surface area contributed by atoms with Crippen LogP contribution in [0.25, 0.3) is 11.3 Å². The highest BCUT2D eigenvalue weighted by Crippen LogP contribution is 2.35. The zero-order valence-corrected chi connectivity index (χ0v) is 11.5. The minimum absolute atomic E-state index is 0.0467. The molecule has 2 heterocycles. The first-order valence-corrected chi connectivity index (χ1v) is 6.39. The van der Waals surface area contributed by atoms with Crippen molar-refractivity contribution in [3.05, 3.63) is 24.3 Å². The first kappa shape index (κ1) is 12.5. The van der Waals surface area contributed by atoms with Crippen molar-refractivity contribution >= 4 is 17.4 Å². The molecular formula is C14H16N4O2. The van der Waals surface area contributed by atoms with Crippen LogP contribution in [-0.2, 0) is 11.8 Å². The van der Waals surface area contributed by atoms with Crippen molar-refractivity contribution in [1.82, 2.24) is 9.78 Å². The number of carbonyl (C=O) groups excluding carboxylic acids is 1. The van der Waals surface area contributed by atoms with Gasteiger partial charge >= 0.3 is 0 Å². The molecule has 2 N–H and O–H groups in total. The number of anilines is 2. The van der Waals surface area contributed by atoms with Crippen LogP contribution in [0.3, 0.4) is 0 Å². The number of rotatable bonds is 1. The molecule has 0 fully saturated rings. The summed E-state index contributed by atoms with van der Waals surface area (Å²) in [5.74, 6) is 1.24. The maximum Gasteiger partial charge on any atom is 0.230 e. The van der Waals surface area contributed by atoms with E-state index in [0.29, 0.717) is 18.8 Å². The van der Waals surface area contributed by atoms with Gasteiger partial charge in [-0.15, -0.1) is 0 Å². The number of nitrogen functional groups attached to an aromatic ring is 1. The van der Waals surface area contributed by atoms with Crippen LogP contribution in [0.4, 0.5) is 11.5 Å². The molecule has 0 spiro atoms. The average Bonchev–Trinajstić information content (AvgIpc) is 2.69. The molecule has 1 aliphatic heterocycles. The Kier molecular flexibility index (Phi) is 2.85. The molecule has 2 aromatic rings. The predicted octanol–water partition coefficient (Wildman–Crippen LogP) is 1.41. The topological polar surface area (TPSA) is 73.4 Å². The number of aryl methyl sites for hydroxylation is 1. The second kappa shape index (κ2) is 4.56. The molecule has 1 aromatic carbocycles. The number of nitrogens with two attached hydrogens (primary N) is 1. The summed E-state index contributed by atoms with van der Waals surface area (Å²) >= 11 is 0. The number of ether oxygens (including phenoxy) is 1. The lowest BCUT2D eigenvalue weighted by Gasteiger charge is -2.17. The Morgan fingerprint density at radius 2 is 2.10 bits per heavy atom. The van der Waals surface area contributed by atoms with Gasteiger partial charge in [0, 0.05) is 25.7 Å². The predicted molar refractivity (Wildman–Crippen MR) is 76.6 cm³/mol. The number of nitrogens with zero attached hydrogens (tertiary/aromatic N) is 3. The van der Waals surface area contributed by atoms with Gasteiger partial charge in [-0.05, 0) is 18.2 Å². The van der Waals surface area contributed by atoms with Gasteiger partial charge in [0.25, 0.3) is 0 Å². The number of amides is 1. The number of hydrogen-bond donors (Lipinski definition) is 1. The van der Waals surface area contributed by atoms with Crippen molar-refractivity contribution in [2.75, 3.05) is 24.3 Å². The van der Waals surface area contributed by atoms with Crippen LogP contribution in [0.2, 0.25) is 0 Å². The number of carbonyl (C=O) groups is 1. The highest BCUT2D eigenvalue weighted by atomic mass is 16.5. The summed E-state index contributed by atoms with van der Waals surface area (Å²) in [7, 11) is 3.60. The average molecular weight is 272 g/mol. The third-order valence-electron chi connectivity index (χ3n) is 3.46. The molecule has 3 rings (SSSR count). The fraction of sp³-hybridized carbons (Fsp3) is 0.286. The fourth-order valence-corrected chi connectivity index (χ4v) is 2.37. The lowest BCUT2D eigenvalue weighted by Crippen LogP contribution is -2.25. The molecule has 20 heavy (non-hydrogen) atoms. The van der Waals surface area contributed by atoms with E-state index < -0.39 is 0 Å². The van der Waals surface area contributed by atoms with E-state index in [1.807, 2.05) is 25.2 Å². The summed E-state index contributed by atoms with van der Waals surface area (Å²) in [5, 5.41) is 4.13. The Balaban J connectivity index is 2.10. The van der Waals surface area contributed by atoms with Crippen LogP contribution in [0, 0.1) is 0 Å². The Labute approximate surface area is 116 Å². The minimum Gasteiger partial charge on any atom is -0.491 e. The van der Waals surface area contributed by atoms with Crippen LogP contribution < -0.4 is 15.4 Å². The number of aromatic nitrogens is 2. The number of benzene rings is 1. The number of hydrogen-bond acceptors (Lipinski definition) is 4. The van der Waals surface area contributed by atoms with E-state index in [0.717, 1.165) is 22.7 Å². The molecular weight excluding hydrogens is 256 g/mol. The zero-order valence-electron chi connectivity index (χ0n) is 11.5. The molecule has 6 heteroatoms. The Morgan fingerprint density at radius 1 is 1.30 bits per heavy atom. The lowest BCUT2D eigenvalue weighted by molar-refractivity contribution is -0.118. The van der Waals surface area contributed by atoms with Crippen molar-refractivity contribution in [1.29, 1.82) is 0 Å². The molecule has 0 unspecified atom stereocenters. The maximum absolute atomic E-state index is 11.9. The maximum atomic E-state index is 11.9. The van der Waals surface area contributed by atoms with E-state index in [-0.39, 0.29) is 5.91 Å². The first-order valence-electron chi connectivity index (χ1n) is 6.39. The molecule has 0 saturated heterocycles. The van der Waals surface area contributed by atoms with Gasteiger partial charge in [-0.1, -0.05) is 0 Å². The molecule has 0 bridgehead atoms. The second-order valence-electron chi connectivity index (χ2n) is 4.81. The van der Waals surface area contributed by atoms with E-state index in [9.17, 15) is 4.79 Å². The fourth-order valence-electron chi connectivity index (χ4n) is 2.37. The smallest absolute Gasteiger partial charge is 0.230 e. The van der Waals surface area contributed by atoms with Crippen molar-refractivity contribution < 1.29 is 9.53 Å². The molecule has 0 aliphatic carbocycles. The minimum atomic E-state index is 0.0467. The third-order valence-corrected chi connectivity index (χ3v) is 3.46. The van der Waals surface area contributed by atoms with E-state index in [4.69, 9.17) is 10.5 Å². The Bertz CT molecular complexity index is 678. The molecule has 6 nitrogen and oxygen atoms in total. The van der Waals surface area contributed by atoms with Crippen molar-refractivity contribution in [2.24, 2.45) is 7.05 Å². The molecule has 104 valence electrons. The molecule has 1 aliphatic rings. The van der Waals surface area contributed by atoms with Crippen LogP contribution in [0.1, 0.15) is 6.42 Å². The highest BCUT2D eigenvalue weighted by Gasteiger charge is 2.21. The van der Waals surface area contributed by atoms with Gasteiger partial charge in [-0.25, -0.2) is 0 Å². The molecule has 0 atom stereocenters. The van der Waals surface area contributed by atoms with E-state index in [1.165, 1.54) is 0 Å². The van der Waals surface area contributed by atoms with Gasteiger partial charge in [0.05, 0.1) is 24.4 Å². The van der Waals surface area contributed by atoms with E-state index in [1.54, 1.807) is 22.7 Å². The van der Waals surface area contributed by atoms with Crippen LogP contribution in [0.5, 0.6) is 5.75 Å². The Morgan fingerprint density at radius 3 is 2.80 bits per heavy atom. The van der Waals surface area contributed by atoms with Gasteiger partial charge in [-0.3, -0.25) is 9.48 Å². The summed E-state index contributed by atoms with van der Waals surface area (Å²) in [6, 6.07) is 7.55. The van der Waals surface area contributed by atoms with Crippen LogP contribution >= 0.6 is 0 Å². The SMILES string of the molecule is CN1C(=O)CCOc2ccc(-c3cc(N)nn3C)cc21. The molecule has 1 aromatic heterocycles. The second-order valence-corrected chi connectivity index (χ2v) is 4.81. The molecule has 0 radical (unpaired) electrons. The van der Waals surface area contributed by atoms with E-state index >= 15 is 0 Å². The third kappa shape index (κ3) is 1.99. The van der Waals surface area contributed by atoms with Gasteiger partial charge in [0.1, 0.15) is 11.6 Å². The standard InChI is InChI=1S/C14H16N4O2/c1-17-11-7-9(10-8-13(15)16-18(10)2)3-4-12(11)20-6-5-14(17)19/h3-4,7-8H,5-6H2,1-2H3,(H2,15,16). The zero-order chi connectivity index (χ0) is 14.3. The quantitative estimate of drug-likeness (QED) is 0.852. The highest BCUT2D eigenvalue weighted by molar-refractivity contribution is 5.96. The van der Waals surface area contributed by atoms with Crippen LogP contribution in [0.15, 0.2) is 24.3 Å². The van der Waals surface area contributed by atoms with Crippen LogP contribution in [-0.4, -0.2) is 29.3 Å². The summed E-state index contributed by atoms with van der Waals surface area (Å²) < 4.78 is 7.32. The summed E-state index contributed by atoms with van der Waals surface area (Å²) in [6.45, 7) is 0.411. The van der Waals surface area contributed by atoms with Gasteiger partial charge in [0.2, 0.25) is 5.91 Å². The number of fused-ring (bicyclic) bond motifs is 1. The van der Waals surface area contributed by atoms with Crippen molar-refractivity contribution in [3.63, 3.8) is 0 Å². The normalized spacial score (nSPS) is 14.7. The molecule has 1 amide bonds. The lowest BCUT2D eigenvalue weighted by atomic mass is 10.1. The Hall–Kier alpha value is -2.50. The largest absolute Gasteiger partial charge is 0.491 e. The van der Waals surface area contributed by atoms with E-state index in [2.05, 4.69) is 5.10 Å². The summed E-state index contributed by atoms with van der Waals surface area (Å²) in [6.07, 6.45) is 0.388. The van der Waals surface area contributed by atoms with Gasteiger partial charge < -0.3 is 15.4 Å². The van der Waals surface area contributed by atoms with Crippen molar-refractivity contribution in [3.8, 4) is 17.0 Å². The van der Waals surface area contributed by atoms with Gasteiger partial charge in [0.15, 0.2) is 0 Å².